The fraction of sp³-hybridized carbons (Fsp3) is 0.308. The second-order valence-electron chi connectivity index (χ2n) is 4.11. The number of aryl methyl sites for hydroxylation is 1. The van der Waals surface area contributed by atoms with Gasteiger partial charge < -0.3 is 10.5 Å². The van der Waals surface area contributed by atoms with Crippen LogP contribution in [0.25, 0.3) is 0 Å². The molecule has 1 atom stereocenters. The van der Waals surface area contributed by atoms with E-state index in [0.717, 1.165) is 9.88 Å². The molecule has 2 N–H and O–H groups in total. The summed E-state index contributed by atoms with van der Waals surface area (Å²) in [7, 11) is 0. The Morgan fingerprint density at radius 3 is 2.89 bits per heavy atom. The van der Waals surface area contributed by atoms with E-state index in [4.69, 9.17) is 10.5 Å². The van der Waals surface area contributed by atoms with Gasteiger partial charge in [-0.3, -0.25) is 0 Å². The molecule has 1 aromatic carbocycles. The molecule has 0 spiro atoms. The van der Waals surface area contributed by atoms with Gasteiger partial charge in [0.05, 0.1) is 9.88 Å². The highest BCUT2D eigenvalue weighted by Gasteiger charge is 2.10. The Morgan fingerprint density at radius 2 is 2.28 bits per heavy atom. The number of thiazole rings is 1. The van der Waals surface area contributed by atoms with Crippen LogP contribution >= 0.6 is 11.3 Å². The van der Waals surface area contributed by atoms with E-state index in [1.807, 2.05) is 6.92 Å². The monoisotopic (exact) mass is 266 g/mol. The van der Waals surface area contributed by atoms with Crippen molar-refractivity contribution in [3.05, 3.63) is 45.7 Å². The van der Waals surface area contributed by atoms with E-state index in [1.54, 1.807) is 30.5 Å². The zero-order chi connectivity index (χ0) is 13.1. The van der Waals surface area contributed by atoms with Gasteiger partial charge in [0.25, 0.3) is 0 Å². The highest BCUT2D eigenvalue weighted by Crippen LogP contribution is 2.26. The minimum absolute atomic E-state index is 0.265. The van der Waals surface area contributed by atoms with Crippen LogP contribution in [-0.4, -0.2) is 4.98 Å². The first kappa shape index (κ1) is 13.0. The number of hydrogen-bond acceptors (Lipinski definition) is 4. The van der Waals surface area contributed by atoms with Gasteiger partial charge in [-0.2, -0.15) is 0 Å². The van der Waals surface area contributed by atoms with Gasteiger partial charge in [-0.25, -0.2) is 9.37 Å². The molecule has 1 unspecified atom stereocenters. The molecule has 18 heavy (non-hydrogen) atoms. The van der Waals surface area contributed by atoms with Crippen molar-refractivity contribution < 1.29 is 9.13 Å². The van der Waals surface area contributed by atoms with E-state index in [9.17, 15) is 4.39 Å². The summed E-state index contributed by atoms with van der Waals surface area (Å²) in [5.41, 5.74) is 6.48. The van der Waals surface area contributed by atoms with Gasteiger partial charge in [0, 0.05) is 17.8 Å². The Kier molecular flexibility index (Phi) is 3.93. The van der Waals surface area contributed by atoms with Gasteiger partial charge in [0.2, 0.25) is 0 Å². The summed E-state index contributed by atoms with van der Waals surface area (Å²) < 4.78 is 18.8. The van der Waals surface area contributed by atoms with E-state index >= 15 is 0 Å². The fourth-order valence-corrected chi connectivity index (χ4v) is 2.34. The molecule has 3 nitrogen and oxygen atoms in total. The number of rotatable bonds is 4. The number of ether oxygens (including phenoxy) is 1. The molecule has 96 valence electrons. The second kappa shape index (κ2) is 5.46. The fourth-order valence-electron chi connectivity index (χ4n) is 1.63. The first-order chi connectivity index (χ1) is 8.56. The third-order valence-corrected chi connectivity index (χ3v) is 3.39. The minimum Gasteiger partial charge on any atom is -0.488 e. The van der Waals surface area contributed by atoms with Crippen LogP contribution in [0.3, 0.4) is 0 Å². The standard InChI is InChI=1S/C13H15FN2OS/c1-8(15)12-5-10(14)3-4-13(12)17-7-11-6-16-9(2)18-11/h3-6,8H,7,15H2,1-2H3. The molecule has 0 radical (unpaired) electrons. The molecule has 0 amide bonds. The van der Waals surface area contributed by atoms with E-state index < -0.39 is 0 Å². The summed E-state index contributed by atoms with van der Waals surface area (Å²) in [4.78, 5) is 5.19. The van der Waals surface area contributed by atoms with Crippen molar-refractivity contribution in [2.75, 3.05) is 0 Å². The summed E-state index contributed by atoms with van der Waals surface area (Å²) in [5, 5.41) is 1.00. The molecule has 0 saturated heterocycles. The average Bonchev–Trinajstić information content (AvgIpc) is 2.73. The summed E-state index contributed by atoms with van der Waals surface area (Å²) in [6.45, 7) is 4.18. The normalized spacial score (nSPS) is 12.4. The van der Waals surface area contributed by atoms with Crippen LogP contribution in [0.5, 0.6) is 5.75 Å². The SMILES string of the molecule is Cc1ncc(COc2ccc(F)cc2C(C)N)s1. The topological polar surface area (TPSA) is 48.1 Å². The van der Waals surface area contributed by atoms with Crippen LogP contribution in [0.1, 0.15) is 28.4 Å². The molecule has 0 saturated carbocycles. The van der Waals surface area contributed by atoms with Crippen molar-refractivity contribution in [3.8, 4) is 5.75 Å². The lowest BCUT2D eigenvalue weighted by Crippen LogP contribution is -2.08. The maximum absolute atomic E-state index is 13.2. The van der Waals surface area contributed by atoms with Crippen molar-refractivity contribution in [2.45, 2.75) is 26.5 Å². The number of benzene rings is 1. The Morgan fingerprint density at radius 1 is 1.50 bits per heavy atom. The van der Waals surface area contributed by atoms with Crippen LogP contribution in [0.2, 0.25) is 0 Å². The molecular formula is C13H15FN2OS. The number of nitrogens with zero attached hydrogens (tertiary/aromatic N) is 1. The minimum atomic E-state index is -0.303. The second-order valence-corrected chi connectivity index (χ2v) is 5.42. The van der Waals surface area contributed by atoms with Crippen LogP contribution in [0.4, 0.5) is 4.39 Å². The molecule has 0 fully saturated rings. The van der Waals surface area contributed by atoms with Crippen molar-refractivity contribution in [3.63, 3.8) is 0 Å². The Labute approximate surface area is 109 Å². The van der Waals surface area contributed by atoms with E-state index in [-0.39, 0.29) is 11.9 Å². The van der Waals surface area contributed by atoms with Gasteiger partial charge in [-0.05, 0) is 32.0 Å². The highest BCUT2D eigenvalue weighted by molar-refractivity contribution is 7.11. The zero-order valence-electron chi connectivity index (χ0n) is 10.3. The largest absolute Gasteiger partial charge is 0.488 e. The zero-order valence-corrected chi connectivity index (χ0v) is 11.1. The van der Waals surface area contributed by atoms with Crippen molar-refractivity contribution in [2.24, 2.45) is 5.73 Å². The molecule has 5 heteroatoms. The van der Waals surface area contributed by atoms with Crippen LogP contribution in [0, 0.1) is 12.7 Å². The molecule has 0 aliphatic rings. The maximum atomic E-state index is 13.2. The van der Waals surface area contributed by atoms with Gasteiger partial charge >= 0.3 is 0 Å². The van der Waals surface area contributed by atoms with Gasteiger partial charge in [0.1, 0.15) is 18.2 Å². The van der Waals surface area contributed by atoms with Crippen molar-refractivity contribution in [1.29, 1.82) is 0 Å². The lowest BCUT2D eigenvalue weighted by atomic mass is 10.1. The Bertz CT molecular complexity index is 540. The quantitative estimate of drug-likeness (QED) is 0.924. The van der Waals surface area contributed by atoms with Gasteiger partial charge in [-0.1, -0.05) is 0 Å². The number of aromatic nitrogens is 1. The number of halogens is 1. The van der Waals surface area contributed by atoms with Crippen LogP contribution in [0.15, 0.2) is 24.4 Å². The maximum Gasteiger partial charge on any atom is 0.124 e. The van der Waals surface area contributed by atoms with E-state index in [0.29, 0.717) is 17.9 Å². The van der Waals surface area contributed by atoms with Gasteiger partial charge in [0.15, 0.2) is 0 Å². The van der Waals surface area contributed by atoms with E-state index in [1.165, 1.54) is 12.1 Å². The third kappa shape index (κ3) is 3.05. The van der Waals surface area contributed by atoms with Crippen LogP contribution < -0.4 is 10.5 Å². The highest BCUT2D eigenvalue weighted by atomic mass is 32.1. The Hall–Kier alpha value is -1.46. The molecule has 0 bridgehead atoms. The summed E-state index contributed by atoms with van der Waals surface area (Å²) >= 11 is 1.58. The molecule has 1 aromatic heterocycles. The number of hydrogen-bond donors (Lipinski definition) is 1. The Balaban J connectivity index is 2.13. The molecule has 1 heterocycles. The average molecular weight is 266 g/mol. The lowest BCUT2D eigenvalue weighted by Gasteiger charge is -2.13. The predicted molar refractivity (Wildman–Crippen MR) is 70.2 cm³/mol. The van der Waals surface area contributed by atoms with Crippen molar-refractivity contribution in [1.82, 2.24) is 4.98 Å². The molecular weight excluding hydrogens is 251 g/mol. The lowest BCUT2D eigenvalue weighted by molar-refractivity contribution is 0.304. The molecule has 0 aliphatic heterocycles. The predicted octanol–water partition coefficient (Wildman–Crippen LogP) is 3.19. The first-order valence-electron chi connectivity index (χ1n) is 5.65. The van der Waals surface area contributed by atoms with Gasteiger partial charge in [-0.15, -0.1) is 11.3 Å². The molecule has 2 aromatic rings. The summed E-state index contributed by atoms with van der Waals surface area (Å²) in [6, 6.07) is 4.14. The van der Waals surface area contributed by atoms with Crippen LogP contribution in [-0.2, 0) is 6.61 Å². The summed E-state index contributed by atoms with van der Waals surface area (Å²) in [6.07, 6.45) is 1.79. The summed E-state index contributed by atoms with van der Waals surface area (Å²) in [5.74, 6) is 0.320. The molecule has 2 rings (SSSR count). The first-order valence-corrected chi connectivity index (χ1v) is 6.47. The number of nitrogens with two attached hydrogens (primary N) is 1. The van der Waals surface area contributed by atoms with Crippen molar-refractivity contribution >= 4 is 11.3 Å². The smallest absolute Gasteiger partial charge is 0.124 e. The third-order valence-electron chi connectivity index (χ3n) is 2.50. The van der Waals surface area contributed by atoms with E-state index in [2.05, 4.69) is 4.98 Å². The molecule has 0 aliphatic carbocycles.